The zero-order chi connectivity index (χ0) is 18.0. The zero-order valence-corrected chi connectivity index (χ0v) is 15.7. The molecule has 3 rings (SSSR count). The number of carbonyl (C=O) groups excluding carboxylic acids is 1. The molecule has 1 N–H and O–H groups in total. The number of rotatable bonds is 6. The third kappa shape index (κ3) is 3.54. The quantitative estimate of drug-likeness (QED) is 0.696. The van der Waals surface area contributed by atoms with E-state index in [9.17, 15) is 4.79 Å². The lowest BCUT2D eigenvalue weighted by molar-refractivity contribution is 0.0939. The predicted molar refractivity (Wildman–Crippen MR) is 99.5 cm³/mol. The second-order valence-electron chi connectivity index (χ2n) is 5.83. The number of aromatic nitrogens is 1. The first-order chi connectivity index (χ1) is 12.0. The van der Waals surface area contributed by atoms with Gasteiger partial charge in [-0.05, 0) is 39.3 Å². The summed E-state index contributed by atoms with van der Waals surface area (Å²) in [6, 6.07) is 7.49. The normalized spacial score (nSPS) is 12.3. The van der Waals surface area contributed by atoms with Gasteiger partial charge in [0.15, 0.2) is 11.3 Å². The average molecular weight is 358 g/mol. The molecule has 132 valence electrons. The molecule has 25 heavy (non-hydrogen) atoms. The number of hydrogen-bond acceptors (Lipinski definition) is 5. The molecular weight excluding hydrogens is 336 g/mol. The second-order valence-corrected chi connectivity index (χ2v) is 6.91. The van der Waals surface area contributed by atoms with Crippen LogP contribution in [-0.2, 0) is 6.42 Å². The van der Waals surface area contributed by atoms with E-state index in [0.717, 1.165) is 28.3 Å². The third-order valence-electron chi connectivity index (χ3n) is 3.95. The van der Waals surface area contributed by atoms with Crippen molar-refractivity contribution in [3.05, 3.63) is 45.6 Å². The molecule has 2 heterocycles. The number of furan rings is 1. The lowest BCUT2D eigenvalue weighted by atomic mass is 10.2. The van der Waals surface area contributed by atoms with E-state index < -0.39 is 0 Å². The molecule has 6 heteroatoms. The van der Waals surface area contributed by atoms with E-state index in [-0.39, 0.29) is 11.9 Å². The van der Waals surface area contributed by atoms with Crippen molar-refractivity contribution < 1.29 is 13.9 Å². The number of thiazole rings is 1. The highest BCUT2D eigenvalue weighted by atomic mass is 32.1. The van der Waals surface area contributed by atoms with Crippen LogP contribution in [0.1, 0.15) is 52.9 Å². The van der Waals surface area contributed by atoms with Crippen molar-refractivity contribution in [2.24, 2.45) is 0 Å². The van der Waals surface area contributed by atoms with E-state index in [4.69, 9.17) is 9.15 Å². The van der Waals surface area contributed by atoms with Gasteiger partial charge < -0.3 is 14.5 Å². The van der Waals surface area contributed by atoms with Crippen LogP contribution in [0.15, 0.2) is 28.7 Å². The van der Waals surface area contributed by atoms with E-state index in [2.05, 4.69) is 10.3 Å². The Labute approximate surface area is 151 Å². The zero-order valence-electron chi connectivity index (χ0n) is 14.9. The molecular formula is C19H22N2O3S. The molecule has 0 aliphatic heterocycles. The molecule has 0 spiro atoms. The first-order valence-electron chi connectivity index (χ1n) is 8.45. The van der Waals surface area contributed by atoms with Crippen LogP contribution in [0.3, 0.4) is 0 Å². The van der Waals surface area contributed by atoms with Gasteiger partial charge in [-0.3, -0.25) is 4.79 Å². The standard InChI is InChI=1S/C19H22N2O3S/c1-5-16-20-12(4)18(25-16)19(22)21-11(3)15-10-13-8-7-9-14(23-6-2)17(13)24-15/h7-11H,5-6H2,1-4H3,(H,21,22). The van der Waals surface area contributed by atoms with Crippen molar-refractivity contribution in [3.63, 3.8) is 0 Å². The van der Waals surface area contributed by atoms with E-state index in [0.29, 0.717) is 22.8 Å². The van der Waals surface area contributed by atoms with Crippen LogP contribution in [0.25, 0.3) is 11.0 Å². The summed E-state index contributed by atoms with van der Waals surface area (Å²) >= 11 is 1.45. The van der Waals surface area contributed by atoms with E-state index in [1.54, 1.807) is 0 Å². The van der Waals surface area contributed by atoms with Crippen molar-refractivity contribution in [2.75, 3.05) is 6.61 Å². The first kappa shape index (κ1) is 17.5. The summed E-state index contributed by atoms with van der Waals surface area (Å²) in [6.07, 6.45) is 0.831. The minimum absolute atomic E-state index is 0.118. The number of para-hydroxylation sites is 1. The number of benzene rings is 1. The van der Waals surface area contributed by atoms with Gasteiger partial charge in [0, 0.05) is 5.39 Å². The van der Waals surface area contributed by atoms with Crippen LogP contribution < -0.4 is 10.1 Å². The summed E-state index contributed by atoms with van der Waals surface area (Å²) in [7, 11) is 0. The monoisotopic (exact) mass is 358 g/mol. The maximum atomic E-state index is 12.6. The SMILES string of the molecule is CCOc1cccc2cc(C(C)NC(=O)c3sc(CC)nc3C)oc12. The van der Waals surface area contributed by atoms with E-state index >= 15 is 0 Å². The maximum Gasteiger partial charge on any atom is 0.263 e. The molecule has 0 radical (unpaired) electrons. The number of hydrogen-bond donors (Lipinski definition) is 1. The lowest BCUT2D eigenvalue weighted by Gasteiger charge is -2.10. The van der Waals surface area contributed by atoms with Gasteiger partial charge >= 0.3 is 0 Å². The Hall–Kier alpha value is -2.34. The van der Waals surface area contributed by atoms with Crippen molar-refractivity contribution >= 4 is 28.2 Å². The molecule has 0 fully saturated rings. The number of nitrogens with one attached hydrogen (secondary N) is 1. The molecule has 0 bridgehead atoms. The van der Waals surface area contributed by atoms with Crippen LogP contribution in [0.4, 0.5) is 0 Å². The van der Waals surface area contributed by atoms with Gasteiger partial charge in [-0.1, -0.05) is 19.1 Å². The molecule has 5 nitrogen and oxygen atoms in total. The number of carbonyl (C=O) groups is 1. The summed E-state index contributed by atoms with van der Waals surface area (Å²) in [5.41, 5.74) is 1.48. The Kier molecular flexibility index (Phi) is 5.08. The molecule has 1 atom stereocenters. The third-order valence-corrected chi connectivity index (χ3v) is 5.25. The predicted octanol–water partition coefficient (Wildman–Crippen LogP) is 4.65. The van der Waals surface area contributed by atoms with Gasteiger partial charge in [0.05, 0.1) is 23.4 Å². The summed E-state index contributed by atoms with van der Waals surface area (Å²) in [5.74, 6) is 1.30. The highest BCUT2D eigenvalue weighted by Gasteiger charge is 2.20. The summed E-state index contributed by atoms with van der Waals surface area (Å²) in [6.45, 7) is 8.32. The van der Waals surface area contributed by atoms with Crippen LogP contribution in [0.2, 0.25) is 0 Å². The molecule has 1 unspecified atom stereocenters. The second kappa shape index (κ2) is 7.27. The lowest BCUT2D eigenvalue weighted by Crippen LogP contribution is -2.26. The van der Waals surface area contributed by atoms with Crippen molar-refractivity contribution in [1.29, 1.82) is 0 Å². The summed E-state index contributed by atoms with van der Waals surface area (Å²) in [5, 5.41) is 4.93. The van der Waals surface area contributed by atoms with Gasteiger partial charge in [-0.25, -0.2) is 4.98 Å². The fourth-order valence-electron chi connectivity index (χ4n) is 2.69. The van der Waals surface area contributed by atoms with Gasteiger partial charge in [-0.15, -0.1) is 11.3 Å². The topological polar surface area (TPSA) is 64.4 Å². The van der Waals surface area contributed by atoms with E-state index in [1.165, 1.54) is 11.3 Å². The fourth-order valence-corrected chi connectivity index (χ4v) is 3.59. The smallest absolute Gasteiger partial charge is 0.263 e. The average Bonchev–Trinajstić information content (AvgIpc) is 3.19. The van der Waals surface area contributed by atoms with Gasteiger partial charge in [0.1, 0.15) is 10.6 Å². The molecule has 3 aromatic rings. The minimum atomic E-state index is -0.249. The molecule has 1 amide bonds. The Balaban J connectivity index is 1.82. The number of fused-ring (bicyclic) bond motifs is 1. The van der Waals surface area contributed by atoms with E-state index in [1.807, 2.05) is 52.0 Å². The summed E-state index contributed by atoms with van der Waals surface area (Å²) < 4.78 is 11.6. The van der Waals surface area contributed by atoms with Gasteiger partial charge in [0.2, 0.25) is 0 Å². The minimum Gasteiger partial charge on any atom is -0.490 e. The van der Waals surface area contributed by atoms with Crippen LogP contribution >= 0.6 is 11.3 Å². The Morgan fingerprint density at radius 1 is 1.40 bits per heavy atom. The number of amides is 1. The summed E-state index contributed by atoms with van der Waals surface area (Å²) in [4.78, 5) is 17.6. The number of ether oxygens (including phenoxy) is 1. The molecule has 1 aromatic carbocycles. The van der Waals surface area contributed by atoms with Crippen molar-refractivity contribution in [1.82, 2.24) is 10.3 Å². The van der Waals surface area contributed by atoms with Crippen LogP contribution in [-0.4, -0.2) is 17.5 Å². The largest absolute Gasteiger partial charge is 0.490 e. The molecule has 0 aliphatic rings. The highest BCUT2D eigenvalue weighted by Crippen LogP contribution is 2.31. The molecule has 2 aromatic heterocycles. The highest BCUT2D eigenvalue weighted by molar-refractivity contribution is 7.13. The molecule has 0 aliphatic carbocycles. The van der Waals surface area contributed by atoms with Gasteiger partial charge in [0.25, 0.3) is 5.91 Å². The Morgan fingerprint density at radius 3 is 2.88 bits per heavy atom. The Morgan fingerprint density at radius 2 is 2.20 bits per heavy atom. The fraction of sp³-hybridized carbons (Fsp3) is 0.368. The van der Waals surface area contributed by atoms with Crippen LogP contribution in [0.5, 0.6) is 5.75 Å². The van der Waals surface area contributed by atoms with Gasteiger partial charge in [-0.2, -0.15) is 0 Å². The molecule has 0 saturated carbocycles. The number of nitrogens with zero attached hydrogens (tertiary/aromatic N) is 1. The van der Waals surface area contributed by atoms with Crippen molar-refractivity contribution in [3.8, 4) is 5.75 Å². The van der Waals surface area contributed by atoms with Crippen LogP contribution in [0, 0.1) is 6.92 Å². The Bertz CT molecular complexity index is 897. The first-order valence-corrected chi connectivity index (χ1v) is 9.27. The molecule has 0 saturated heterocycles. The van der Waals surface area contributed by atoms with Crippen molar-refractivity contribution in [2.45, 2.75) is 40.2 Å². The number of aryl methyl sites for hydroxylation is 2. The maximum absolute atomic E-state index is 12.6.